The van der Waals surface area contributed by atoms with Crippen LogP contribution in [0.5, 0.6) is 17.4 Å². The molecule has 1 aromatic heterocycles. The number of nitrogens with zero attached hydrogens (tertiary/aromatic N) is 2. The van der Waals surface area contributed by atoms with E-state index in [0.717, 1.165) is 48.6 Å². The van der Waals surface area contributed by atoms with E-state index in [0.29, 0.717) is 17.4 Å². The van der Waals surface area contributed by atoms with Crippen molar-refractivity contribution in [1.82, 2.24) is 4.98 Å². The molecule has 3 aromatic rings. The minimum absolute atomic E-state index is 0.00390. The summed E-state index contributed by atoms with van der Waals surface area (Å²) < 4.78 is 12.2. The topological polar surface area (TPSA) is 54.8 Å². The van der Waals surface area contributed by atoms with E-state index < -0.39 is 0 Å². The number of pyridine rings is 1. The van der Waals surface area contributed by atoms with Crippen molar-refractivity contribution in [3.05, 3.63) is 76.9 Å². The summed E-state index contributed by atoms with van der Waals surface area (Å²) in [5.41, 5.74) is 3.02. The molecule has 4 rings (SSSR count). The highest BCUT2D eigenvalue weighted by atomic mass is 35.5. The normalized spacial score (nSPS) is 15.8. The zero-order valence-corrected chi connectivity index (χ0v) is 18.4. The summed E-state index contributed by atoms with van der Waals surface area (Å²) in [6.07, 6.45) is 4.56. The standard InChI is InChI=1S/C25H27ClN2O3/c1-2-6-18-7-3-4-9-24(18)30-20-10-11-23(19(15-20)17-29)28-14-12-21(16-28)31-25-22(26)8-5-13-27-25/h3-5,7-11,13,15,21,29H,2,6,12,14,16-17H2,1H3. The van der Waals surface area contributed by atoms with Crippen LogP contribution in [0.15, 0.2) is 60.8 Å². The zero-order valence-electron chi connectivity index (χ0n) is 17.6. The summed E-state index contributed by atoms with van der Waals surface area (Å²) in [4.78, 5) is 6.44. The lowest BCUT2D eigenvalue weighted by molar-refractivity contribution is 0.216. The molecule has 6 heteroatoms. The first-order valence-corrected chi connectivity index (χ1v) is 11.1. The Morgan fingerprint density at radius 3 is 2.81 bits per heavy atom. The molecule has 0 bridgehead atoms. The first-order valence-electron chi connectivity index (χ1n) is 10.7. The van der Waals surface area contributed by atoms with Crippen molar-refractivity contribution in [2.75, 3.05) is 18.0 Å². The smallest absolute Gasteiger partial charge is 0.232 e. The van der Waals surface area contributed by atoms with Gasteiger partial charge in [-0.1, -0.05) is 43.1 Å². The van der Waals surface area contributed by atoms with Crippen LogP contribution in [-0.2, 0) is 13.0 Å². The summed E-state index contributed by atoms with van der Waals surface area (Å²) in [5.74, 6) is 2.05. The van der Waals surface area contributed by atoms with Gasteiger partial charge in [0, 0.05) is 30.4 Å². The maximum atomic E-state index is 10.0. The number of para-hydroxylation sites is 1. The highest BCUT2D eigenvalue weighted by Crippen LogP contribution is 2.33. The fourth-order valence-electron chi connectivity index (χ4n) is 3.93. The Kier molecular flexibility index (Phi) is 6.95. The minimum atomic E-state index is -0.0583. The van der Waals surface area contributed by atoms with Crippen molar-refractivity contribution >= 4 is 17.3 Å². The first kappa shape index (κ1) is 21.5. The van der Waals surface area contributed by atoms with Gasteiger partial charge in [-0.25, -0.2) is 4.98 Å². The average molecular weight is 439 g/mol. The van der Waals surface area contributed by atoms with Crippen LogP contribution in [-0.4, -0.2) is 29.3 Å². The number of hydrogen-bond acceptors (Lipinski definition) is 5. The third-order valence-corrected chi connectivity index (χ3v) is 5.72. The second-order valence-electron chi connectivity index (χ2n) is 7.67. The first-order chi connectivity index (χ1) is 15.2. The Hall–Kier alpha value is -2.76. The van der Waals surface area contributed by atoms with Crippen molar-refractivity contribution < 1.29 is 14.6 Å². The van der Waals surface area contributed by atoms with Crippen LogP contribution in [0.1, 0.15) is 30.9 Å². The van der Waals surface area contributed by atoms with Gasteiger partial charge >= 0.3 is 0 Å². The van der Waals surface area contributed by atoms with Gasteiger partial charge in [0.1, 0.15) is 22.6 Å². The molecule has 1 aliphatic rings. The Labute approximate surface area is 188 Å². The Bertz CT molecular complexity index is 1030. The molecular weight excluding hydrogens is 412 g/mol. The largest absolute Gasteiger partial charge is 0.471 e. The summed E-state index contributed by atoms with van der Waals surface area (Å²) >= 11 is 6.17. The van der Waals surface area contributed by atoms with Crippen LogP contribution in [0.4, 0.5) is 5.69 Å². The zero-order chi connectivity index (χ0) is 21.6. The molecule has 1 unspecified atom stereocenters. The highest BCUT2D eigenvalue weighted by molar-refractivity contribution is 6.31. The number of ether oxygens (including phenoxy) is 2. The quantitative estimate of drug-likeness (QED) is 0.494. The molecule has 5 nitrogen and oxygen atoms in total. The number of hydrogen-bond donors (Lipinski definition) is 1. The number of aliphatic hydroxyl groups is 1. The number of benzene rings is 2. The van der Waals surface area contributed by atoms with Gasteiger partial charge in [-0.2, -0.15) is 0 Å². The number of rotatable bonds is 8. The molecule has 0 amide bonds. The molecule has 1 atom stereocenters. The van der Waals surface area contributed by atoms with Crippen molar-refractivity contribution in [3.8, 4) is 17.4 Å². The number of aryl methyl sites for hydroxylation is 1. The molecule has 0 spiro atoms. The van der Waals surface area contributed by atoms with E-state index in [2.05, 4.69) is 22.9 Å². The van der Waals surface area contributed by atoms with Gasteiger partial charge in [0.15, 0.2) is 0 Å². The third kappa shape index (κ3) is 5.12. The number of aromatic nitrogens is 1. The van der Waals surface area contributed by atoms with Crippen molar-refractivity contribution in [3.63, 3.8) is 0 Å². The van der Waals surface area contributed by atoms with E-state index in [9.17, 15) is 5.11 Å². The fourth-order valence-corrected chi connectivity index (χ4v) is 4.09. The van der Waals surface area contributed by atoms with Gasteiger partial charge in [-0.05, 0) is 48.4 Å². The Morgan fingerprint density at radius 2 is 2.00 bits per heavy atom. The van der Waals surface area contributed by atoms with E-state index in [1.165, 1.54) is 5.56 Å². The van der Waals surface area contributed by atoms with Crippen LogP contribution >= 0.6 is 11.6 Å². The number of aliphatic hydroxyl groups excluding tert-OH is 1. The van der Waals surface area contributed by atoms with E-state index in [1.54, 1.807) is 18.3 Å². The van der Waals surface area contributed by atoms with Gasteiger partial charge in [0.2, 0.25) is 5.88 Å². The lowest BCUT2D eigenvalue weighted by Gasteiger charge is -2.22. The molecule has 1 N–H and O–H groups in total. The minimum Gasteiger partial charge on any atom is -0.471 e. The maximum Gasteiger partial charge on any atom is 0.232 e. The summed E-state index contributed by atoms with van der Waals surface area (Å²) in [6, 6.07) is 17.5. The van der Waals surface area contributed by atoms with Gasteiger partial charge < -0.3 is 19.5 Å². The molecular formula is C25H27ClN2O3. The van der Waals surface area contributed by atoms with Crippen LogP contribution < -0.4 is 14.4 Å². The number of anilines is 1. The van der Waals surface area contributed by atoms with Crippen LogP contribution in [0.3, 0.4) is 0 Å². The molecule has 1 fully saturated rings. The Balaban J connectivity index is 1.47. The fraction of sp³-hybridized carbons (Fsp3) is 0.320. The van der Waals surface area contributed by atoms with Gasteiger partial charge in [0.05, 0.1) is 13.2 Å². The second kappa shape index (κ2) is 10.0. The van der Waals surface area contributed by atoms with Crippen molar-refractivity contribution in [2.24, 2.45) is 0 Å². The van der Waals surface area contributed by atoms with Crippen molar-refractivity contribution in [1.29, 1.82) is 0 Å². The van der Waals surface area contributed by atoms with Gasteiger partial charge in [-0.15, -0.1) is 0 Å². The van der Waals surface area contributed by atoms with E-state index in [4.69, 9.17) is 21.1 Å². The highest BCUT2D eigenvalue weighted by Gasteiger charge is 2.26. The molecule has 2 aromatic carbocycles. The average Bonchev–Trinajstić information content (AvgIpc) is 3.25. The molecule has 1 aliphatic heterocycles. The van der Waals surface area contributed by atoms with Gasteiger partial charge in [0.25, 0.3) is 0 Å². The molecule has 31 heavy (non-hydrogen) atoms. The Morgan fingerprint density at radius 1 is 1.13 bits per heavy atom. The summed E-state index contributed by atoms with van der Waals surface area (Å²) in [6.45, 7) is 3.64. The SMILES string of the molecule is CCCc1ccccc1Oc1ccc(N2CCC(Oc3ncccc3Cl)C2)c(CO)c1. The van der Waals surface area contributed by atoms with E-state index >= 15 is 0 Å². The summed E-state index contributed by atoms with van der Waals surface area (Å²) in [7, 11) is 0. The monoisotopic (exact) mass is 438 g/mol. The lowest BCUT2D eigenvalue weighted by Crippen LogP contribution is -2.25. The van der Waals surface area contributed by atoms with E-state index in [1.807, 2.05) is 36.4 Å². The third-order valence-electron chi connectivity index (χ3n) is 5.43. The molecule has 1 saturated heterocycles. The second-order valence-corrected chi connectivity index (χ2v) is 8.08. The predicted molar refractivity (Wildman–Crippen MR) is 123 cm³/mol. The van der Waals surface area contributed by atoms with Crippen LogP contribution in [0.25, 0.3) is 0 Å². The number of halogens is 1. The molecule has 162 valence electrons. The van der Waals surface area contributed by atoms with E-state index in [-0.39, 0.29) is 12.7 Å². The summed E-state index contributed by atoms with van der Waals surface area (Å²) in [5, 5.41) is 10.5. The van der Waals surface area contributed by atoms with Crippen LogP contribution in [0.2, 0.25) is 5.02 Å². The maximum absolute atomic E-state index is 10.0. The van der Waals surface area contributed by atoms with Crippen molar-refractivity contribution in [2.45, 2.75) is 38.9 Å². The van der Waals surface area contributed by atoms with Crippen LogP contribution in [0, 0.1) is 0 Å². The molecule has 0 aliphatic carbocycles. The van der Waals surface area contributed by atoms with Gasteiger partial charge in [-0.3, -0.25) is 0 Å². The predicted octanol–water partition coefficient (Wildman–Crippen LogP) is 5.63. The lowest BCUT2D eigenvalue weighted by atomic mass is 10.1. The molecule has 2 heterocycles. The molecule has 0 saturated carbocycles. The molecule has 0 radical (unpaired) electrons.